The van der Waals surface area contributed by atoms with E-state index in [1.807, 2.05) is 44.2 Å². The van der Waals surface area contributed by atoms with E-state index < -0.39 is 0 Å². The van der Waals surface area contributed by atoms with Gasteiger partial charge in [0.2, 0.25) is 11.2 Å². The maximum Gasteiger partial charge on any atom is 0.235 e. The van der Waals surface area contributed by atoms with Gasteiger partial charge in [0.1, 0.15) is 5.58 Å². The van der Waals surface area contributed by atoms with Crippen molar-refractivity contribution in [3.8, 4) is 17.1 Å². The fourth-order valence-electron chi connectivity index (χ4n) is 2.57. The van der Waals surface area contributed by atoms with Crippen LogP contribution in [0, 0.1) is 0 Å². The molecule has 1 heterocycles. The van der Waals surface area contributed by atoms with Crippen molar-refractivity contribution in [3.05, 3.63) is 76.0 Å². The van der Waals surface area contributed by atoms with Crippen molar-refractivity contribution in [2.24, 2.45) is 0 Å². The predicted octanol–water partition coefficient (Wildman–Crippen LogP) is 4.67. The Morgan fingerprint density at radius 3 is 2.52 bits per heavy atom. The molecule has 0 unspecified atom stereocenters. The third-order valence-corrected chi connectivity index (χ3v) is 3.75. The van der Waals surface area contributed by atoms with Crippen molar-refractivity contribution in [3.63, 3.8) is 0 Å². The van der Waals surface area contributed by atoms with Crippen molar-refractivity contribution in [1.29, 1.82) is 0 Å². The Labute approximate surface area is 134 Å². The van der Waals surface area contributed by atoms with Gasteiger partial charge in [0, 0.05) is 5.56 Å². The Morgan fingerprint density at radius 2 is 1.83 bits per heavy atom. The van der Waals surface area contributed by atoms with Crippen molar-refractivity contribution < 1.29 is 9.52 Å². The van der Waals surface area contributed by atoms with Gasteiger partial charge in [0.25, 0.3) is 0 Å². The Kier molecular flexibility index (Phi) is 4.02. The minimum absolute atomic E-state index is 0.211. The molecule has 0 fully saturated rings. The van der Waals surface area contributed by atoms with Crippen LogP contribution in [0.2, 0.25) is 0 Å². The van der Waals surface area contributed by atoms with E-state index in [0.717, 1.165) is 5.56 Å². The number of hydrogen-bond donors (Lipinski definition) is 1. The van der Waals surface area contributed by atoms with E-state index in [-0.39, 0.29) is 16.9 Å². The minimum Gasteiger partial charge on any atom is -0.502 e. The maximum absolute atomic E-state index is 12.7. The zero-order valence-corrected chi connectivity index (χ0v) is 13.2. The molecular formula is C20H18O3. The van der Waals surface area contributed by atoms with Crippen LogP contribution in [0.1, 0.15) is 19.4 Å². The monoisotopic (exact) mass is 306 g/mol. The van der Waals surface area contributed by atoms with Crippen molar-refractivity contribution >= 4 is 11.0 Å². The number of fused-ring (bicyclic) bond motifs is 1. The zero-order valence-electron chi connectivity index (χ0n) is 13.2. The van der Waals surface area contributed by atoms with E-state index in [1.165, 1.54) is 5.57 Å². The van der Waals surface area contributed by atoms with Crippen LogP contribution in [0.25, 0.3) is 22.3 Å². The predicted molar refractivity (Wildman–Crippen MR) is 92.7 cm³/mol. The summed E-state index contributed by atoms with van der Waals surface area (Å²) in [6, 6.07) is 14.7. The van der Waals surface area contributed by atoms with Gasteiger partial charge in [-0.3, -0.25) is 4.79 Å². The summed E-state index contributed by atoms with van der Waals surface area (Å²) < 4.78 is 5.84. The molecule has 0 aliphatic heterocycles. The van der Waals surface area contributed by atoms with Crippen molar-refractivity contribution in [2.45, 2.75) is 20.3 Å². The van der Waals surface area contributed by atoms with Crippen LogP contribution in [-0.2, 0) is 6.42 Å². The highest BCUT2D eigenvalue weighted by Crippen LogP contribution is 2.30. The fourth-order valence-corrected chi connectivity index (χ4v) is 2.57. The van der Waals surface area contributed by atoms with Crippen molar-refractivity contribution in [1.82, 2.24) is 0 Å². The third kappa shape index (κ3) is 2.90. The van der Waals surface area contributed by atoms with Gasteiger partial charge in [-0.15, -0.1) is 0 Å². The van der Waals surface area contributed by atoms with Crippen LogP contribution in [-0.4, -0.2) is 5.11 Å². The number of allylic oxidation sites excluding steroid dienone is 2. The molecule has 3 aromatic rings. The molecule has 0 saturated carbocycles. The quantitative estimate of drug-likeness (QED) is 0.715. The number of benzene rings is 2. The third-order valence-electron chi connectivity index (χ3n) is 3.75. The average molecular weight is 306 g/mol. The molecule has 1 N–H and O–H groups in total. The van der Waals surface area contributed by atoms with Gasteiger partial charge in [0.05, 0.1) is 5.39 Å². The Balaban J connectivity index is 2.25. The van der Waals surface area contributed by atoms with E-state index in [9.17, 15) is 9.90 Å². The van der Waals surface area contributed by atoms with E-state index in [4.69, 9.17) is 4.42 Å². The summed E-state index contributed by atoms with van der Waals surface area (Å²) in [5.74, 6) is -0.129. The highest BCUT2D eigenvalue weighted by atomic mass is 16.4. The normalized spacial score (nSPS) is 10.7. The van der Waals surface area contributed by atoms with Crippen LogP contribution in [0.5, 0.6) is 5.75 Å². The molecule has 3 nitrogen and oxygen atoms in total. The highest BCUT2D eigenvalue weighted by molar-refractivity contribution is 5.84. The summed E-state index contributed by atoms with van der Waals surface area (Å²) in [6.07, 6.45) is 2.69. The van der Waals surface area contributed by atoms with Gasteiger partial charge in [-0.25, -0.2) is 0 Å². The first kappa shape index (κ1) is 15.1. The molecule has 1 aromatic heterocycles. The Hall–Kier alpha value is -2.81. The summed E-state index contributed by atoms with van der Waals surface area (Å²) in [6.45, 7) is 4.02. The Bertz CT molecular complexity index is 930. The molecule has 0 radical (unpaired) electrons. The number of hydrogen-bond acceptors (Lipinski definition) is 3. The number of rotatable bonds is 3. The lowest BCUT2D eigenvalue weighted by atomic mass is 10.0. The van der Waals surface area contributed by atoms with E-state index in [0.29, 0.717) is 23.0 Å². The van der Waals surface area contributed by atoms with E-state index in [2.05, 4.69) is 6.08 Å². The smallest absolute Gasteiger partial charge is 0.235 e. The second kappa shape index (κ2) is 6.13. The van der Waals surface area contributed by atoms with E-state index >= 15 is 0 Å². The molecule has 0 saturated heterocycles. The maximum atomic E-state index is 12.7. The molecule has 3 heteroatoms. The summed E-state index contributed by atoms with van der Waals surface area (Å²) >= 11 is 0. The SMILES string of the molecule is CC(C)=CCc1cccc2oc(-c3ccccc3)c(O)c(=O)c12. The van der Waals surface area contributed by atoms with Gasteiger partial charge >= 0.3 is 0 Å². The highest BCUT2D eigenvalue weighted by Gasteiger charge is 2.16. The lowest BCUT2D eigenvalue weighted by Gasteiger charge is -2.08. The van der Waals surface area contributed by atoms with Gasteiger partial charge < -0.3 is 9.52 Å². The molecule has 0 atom stereocenters. The molecular weight excluding hydrogens is 288 g/mol. The molecule has 23 heavy (non-hydrogen) atoms. The minimum atomic E-state index is -0.386. The largest absolute Gasteiger partial charge is 0.502 e. The summed E-state index contributed by atoms with van der Waals surface area (Å²) in [5.41, 5.74) is 2.82. The molecule has 0 spiro atoms. The first-order valence-electron chi connectivity index (χ1n) is 7.54. The summed E-state index contributed by atoms with van der Waals surface area (Å²) in [5, 5.41) is 10.8. The zero-order chi connectivity index (χ0) is 16.4. The van der Waals surface area contributed by atoms with Gasteiger partial charge in [-0.2, -0.15) is 0 Å². The van der Waals surface area contributed by atoms with Gasteiger partial charge in [-0.05, 0) is 31.9 Å². The molecule has 0 bridgehead atoms. The number of aromatic hydroxyl groups is 1. The first-order valence-corrected chi connectivity index (χ1v) is 7.54. The molecule has 116 valence electrons. The van der Waals surface area contributed by atoms with Crippen molar-refractivity contribution in [2.75, 3.05) is 0 Å². The average Bonchev–Trinajstić information content (AvgIpc) is 2.56. The molecule has 0 aliphatic carbocycles. The summed E-state index contributed by atoms with van der Waals surface area (Å²) in [4.78, 5) is 12.7. The molecule has 2 aromatic carbocycles. The van der Waals surface area contributed by atoms with E-state index in [1.54, 1.807) is 18.2 Å². The van der Waals surface area contributed by atoms with Crippen LogP contribution in [0.15, 0.2) is 69.4 Å². The topological polar surface area (TPSA) is 50.4 Å². The van der Waals surface area contributed by atoms with Crippen LogP contribution in [0.3, 0.4) is 0 Å². The first-order chi connectivity index (χ1) is 11.1. The lowest BCUT2D eigenvalue weighted by Crippen LogP contribution is -2.05. The second-order valence-corrected chi connectivity index (χ2v) is 5.75. The standard InChI is InChI=1S/C20H18O3/c1-13(2)11-12-14-9-6-10-16-17(14)18(21)19(22)20(23-16)15-7-4-3-5-8-15/h3-11,22H,12H2,1-2H3. The van der Waals surface area contributed by atoms with Gasteiger partial charge in [-0.1, -0.05) is 54.1 Å². The molecule has 0 aliphatic rings. The van der Waals surface area contributed by atoms with Crippen LogP contribution in [0.4, 0.5) is 0 Å². The molecule has 3 rings (SSSR count). The Morgan fingerprint density at radius 1 is 1.09 bits per heavy atom. The van der Waals surface area contributed by atoms with Gasteiger partial charge in [0.15, 0.2) is 5.76 Å². The second-order valence-electron chi connectivity index (χ2n) is 5.75. The van der Waals surface area contributed by atoms with Crippen LogP contribution < -0.4 is 5.43 Å². The lowest BCUT2D eigenvalue weighted by molar-refractivity contribution is 0.449. The summed E-state index contributed by atoms with van der Waals surface area (Å²) in [7, 11) is 0. The molecule has 0 amide bonds. The fraction of sp³-hybridized carbons (Fsp3) is 0.150. The van der Waals surface area contributed by atoms with Crippen LogP contribution >= 0.6 is 0 Å².